The molecule has 5 heteroatoms. The van der Waals surface area contributed by atoms with Crippen molar-refractivity contribution in [1.82, 2.24) is 14.5 Å². The van der Waals surface area contributed by atoms with E-state index in [1.54, 1.807) is 6.33 Å². The number of likely N-dealkylation sites (tertiary alicyclic amines) is 1. The highest BCUT2D eigenvalue weighted by atomic mass is 16.5. The van der Waals surface area contributed by atoms with Crippen molar-refractivity contribution in [3.8, 4) is 5.75 Å². The second kappa shape index (κ2) is 6.10. The third kappa shape index (κ3) is 3.48. The smallest absolute Gasteiger partial charge is 0.119 e. The Morgan fingerprint density at radius 1 is 1.32 bits per heavy atom. The number of imidazole rings is 1. The SMILES string of the molecule is Cc1ccc(OCC2(O)CCN(Cc3cncn3C)C2)cc1. The third-order valence-corrected chi connectivity index (χ3v) is 4.24. The summed E-state index contributed by atoms with van der Waals surface area (Å²) in [7, 11) is 1.99. The summed E-state index contributed by atoms with van der Waals surface area (Å²) in [6.07, 6.45) is 4.41. The number of nitrogens with zero attached hydrogens (tertiary/aromatic N) is 3. The van der Waals surface area contributed by atoms with Gasteiger partial charge >= 0.3 is 0 Å². The van der Waals surface area contributed by atoms with Crippen LogP contribution in [0.1, 0.15) is 17.7 Å². The van der Waals surface area contributed by atoms with Crippen LogP contribution < -0.4 is 4.74 Å². The van der Waals surface area contributed by atoms with E-state index in [9.17, 15) is 5.11 Å². The molecule has 0 amide bonds. The number of hydrogen-bond acceptors (Lipinski definition) is 4. The van der Waals surface area contributed by atoms with E-state index in [0.29, 0.717) is 13.2 Å². The van der Waals surface area contributed by atoms with Crippen LogP contribution in [0.25, 0.3) is 0 Å². The highest BCUT2D eigenvalue weighted by Gasteiger charge is 2.37. The Bertz CT molecular complexity index is 623. The second-order valence-corrected chi connectivity index (χ2v) is 6.28. The van der Waals surface area contributed by atoms with Gasteiger partial charge in [0, 0.05) is 32.9 Å². The predicted octanol–water partition coefficient (Wildman–Crippen LogP) is 1.74. The van der Waals surface area contributed by atoms with E-state index >= 15 is 0 Å². The van der Waals surface area contributed by atoms with Crippen LogP contribution >= 0.6 is 0 Å². The summed E-state index contributed by atoms with van der Waals surface area (Å²) >= 11 is 0. The van der Waals surface area contributed by atoms with Gasteiger partial charge in [-0.1, -0.05) is 17.7 Å². The Morgan fingerprint density at radius 2 is 2.09 bits per heavy atom. The average molecular weight is 301 g/mol. The molecule has 1 aromatic heterocycles. The van der Waals surface area contributed by atoms with Crippen LogP contribution in [0.5, 0.6) is 5.75 Å². The summed E-state index contributed by atoms with van der Waals surface area (Å²) in [5.41, 5.74) is 1.58. The maximum Gasteiger partial charge on any atom is 0.119 e. The normalized spacial score (nSPS) is 22.1. The summed E-state index contributed by atoms with van der Waals surface area (Å²) in [5.74, 6) is 0.809. The minimum atomic E-state index is -0.774. The van der Waals surface area contributed by atoms with Crippen molar-refractivity contribution in [2.75, 3.05) is 19.7 Å². The summed E-state index contributed by atoms with van der Waals surface area (Å²) in [4.78, 5) is 6.38. The fraction of sp³-hybridized carbons (Fsp3) is 0.471. The summed E-state index contributed by atoms with van der Waals surface area (Å²) < 4.78 is 7.78. The number of β-amino-alcohol motifs (C(OH)–C–C–N with tert-alkyl or cyclic N) is 1. The zero-order valence-electron chi connectivity index (χ0n) is 13.2. The molecule has 3 rings (SSSR count). The molecule has 0 aliphatic carbocycles. The molecule has 0 bridgehead atoms. The number of ether oxygens (including phenoxy) is 1. The highest BCUT2D eigenvalue weighted by molar-refractivity contribution is 5.26. The number of hydrogen-bond donors (Lipinski definition) is 1. The number of aromatic nitrogens is 2. The van der Waals surface area contributed by atoms with Gasteiger partial charge < -0.3 is 14.4 Å². The van der Waals surface area contributed by atoms with Gasteiger partial charge in [0.15, 0.2) is 0 Å². The molecule has 1 atom stereocenters. The van der Waals surface area contributed by atoms with Gasteiger partial charge in [-0.25, -0.2) is 4.98 Å². The highest BCUT2D eigenvalue weighted by Crippen LogP contribution is 2.24. The Morgan fingerprint density at radius 3 is 2.77 bits per heavy atom. The van der Waals surface area contributed by atoms with Crippen LogP contribution in [0, 0.1) is 6.92 Å². The zero-order valence-corrected chi connectivity index (χ0v) is 13.2. The van der Waals surface area contributed by atoms with E-state index < -0.39 is 5.60 Å². The van der Waals surface area contributed by atoms with Gasteiger partial charge in [-0.15, -0.1) is 0 Å². The molecule has 1 fully saturated rings. The van der Waals surface area contributed by atoms with Crippen molar-refractivity contribution in [2.24, 2.45) is 7.05 Å². The predicted molar refractivity (Wildman–Crippen MR) is 84.7 cm³/mol. The number of rotatable bonds is 5. The van der Waals surface area contributed by atoms with E-state index in [0.717, 1.165) is 31.0 Å². The van der Waals surface area contributed by atoms with Crippen molar-refractivity contribution in [3.63, 3.8) is 0 Å². The topological polar surface area (TPSA) is 50.5 Å². The van der Waals surface area contributed by atoms with E-state index in [2.05, 4.69) is 9.88 Å². The Hall–Kier alpha value is -1.85. The summed E-state index contributed by atoms with van der Waals surface area (Å²) in [6, 6.07) is 7.92. The van der Waals surface area contributed by atoms with Gasteiger partial charge in [0.2, 0.25) is 0 Å². The maximum atomic E-state index is 10.7. The van der Waals surface area contributed by atoms with Crippen molar-refractivity contribution in [3.05, 3.63) is 48.0 Å². The second-order valence-electron chi connectivity index (χ2n) is 6.28. The van der Waals surface area contributed by atoms with Crippen LogP contribution in [-0.4, -0.2) is 44.9 Å². The first kappa shape index (κ1) is 15.1. The van der Waals surface area contributed by atoms with Gasteiger partial charge in [0.25, 0.3) is 0 Å². The number of aryl methyl sites for hydroxylation is 2. The zero-order chi connectivity index (χ0) is 15.6. The molecule has 0 spiro atoms. The fourth-order valence-electron chi connectivity index (χ4n) is 2.81. The molecule has 0 saturated carbocycles. The molecule has 2 aromatic rings. The van der Waals surface area contributed by atoms with E-state index in [1.165, 1.54) is 5.56 Å². The van der Waals surface area contributed by atoms with Crippen molar-refractivity contribution in [1.29, 1.82) is 0 Å². The first-order valence-corrected chi connectivity index (χ1v) is 7.63. The fourth-order valence-corrected chi connectivity index (χ4v) is 2.81. The first-order chi connectivity index (χ1) is 10.5. The Kier molecular flexibility index (Phi) is 4.18. The first-order valence-electron chi connectivity index (χ1n) is 7.63. The Balaban J connectivity index is 1.54. The van der Waals surface area contributed by atoms with Gasteiger partial charge in [-0.2, -0.15) is 0 Å². The third-order valence-electron chi connectivity index (χ3n) is 4.24. The molecular formula is C17H23N3O2. The van der Waals surface area contributed by atoms with Crippen molar-refractivity contribution < 1.29 is 9.84 Å². The molecule has 0 radical (unpaired) electrons. The molecule has 1 aliphatic heterocycles. The van der Waals surface area contributed by atoms with Crippen molar-refractivity contribution in [2.45, 2.75) is 25.5 Å². The molecule has 22 heavy (non-hydrogen) atoms. The maximum absolute atomic E-state index is 10.7. The van der Waals surface area contributed by atoms with E-state index in [1.807, 2.05) is 49.0 Å². The molecule has 1 N–H and O–H groups in total. The van der Waals surface area contributed by atoms with Gasteiger partial charge in [-0.3, -0.25) is 4.90 Å². The molecule has 5 nitrogen and oxygen atoms in total. The van der Waals surface area contributed by atoms with Gasteiger partial charge in [0.05, 0.1) is 12.0 Å². The molecule has 2 heterocycles. The standard InChI is InChI=1S/C17H23N3O2/c1-14-3-5-16(6-4-14)22-12-17(21)7-8-20(11-17)10-15-9-18-13-19(15)2/h3-6,9,13,21H,7-8,10-12H2,1-2H3. The van der Waals surface area contributed by atoms with E-state index in [4.69, 9.17) is 4.74 Å². The van der Waals surface area contributed by atoms with Crippen LogP contribution in [0.2, 0.25) is 0 Å². The summed E-state index contributed by atoms with van der Waals surface area (Å²) in [5, 5.41) is 10.7. The van der Waals surface area contributed by atoms with Crippen LogP contribution in [-0.2, 0) is 13.6 Å². The molecule has 1 unspecified atom stereocenters. The van der Waals surface area contributed by atoms with Crippen LogP contribution in [0.4, 0.5) is 0 Å². The number of benzene rings is 1. The molecule has 1 saturated heterocycles. The molecule has 1 aromatic carbocycles. The minimum Gasteiger partial charge on any atom is -0.491 e. The van der Waals surface area contributed by atoms with Gasteiger partial charge in [-0.05, 0) is 25.5 Å². The van der Waals surface area contributed by atoms with Gasteiger partial charge in [0.1, 0.15) is 18.0 Å². The quantitative estimate of drug-likeness (QED) is 0.914. The van der Waals surface area contributed by atoms with Crippen LogP contribution in [0.3, 0.4) is 0 Å². The Labute approximate surface area is 131 Å². The molecule has 1 aliphatic rings. The van der Waals surface area contributed by atoms with Crippen molar-refractivity contribution >= 4 is 0 Å². The monoisotopic (exact) mass is 301 g/mol. The van der Waals surface area contributed by atoms with E-state index in [-0.39, 0.29) is 0 Å². The lowest BCUT2D eigenvalue weighted by Gasteiger charge is -2.23. The summed E-state index contributed by atoms with van der Waals surface area (Å²) in [6.45, 7) is 4.69. The lowest BCUT2D eigenvalue weighted by molar-refractivity contribution is 0.00324. The number of aliphatic hydroxyl groups is 1. The van der Waals surface area contributed by atoms with Crippen LogP contribution in [0.15, 0.2) is 36.8 Å². The minimum absolute atomic E-state index is 0.331. The average Bonchev–Trinajstić information content (AvgIpc) is 3.06. The largest absolute Gasteiger partial charge is 0.491 e. The molecular weight excluding hydrogens is 278 g/mol. The lowest BCUT2D eigenvalue weighted by Crippen LogP contribution is -2.39. The lowest BCUT2D eigenvalue weighted by atomic mass is 10.1. The molecule has 118 valence electrons.